The molecule has 1 saturated heterocycles. The van der Waals surface area contributed by atoms with E-state index >= 15 is 0 Å². The van der Waals surface area contributed by atoms with Gasteiger partial charge in [0.25, 0.3) is 0 Å². The Morgan fingerprint density at radius 2 is 1.83 bits per heavy atom. The summed E-state index contributed by atoms with van der Waals surface area (Å²) in [5.74, 6) is 2.56. The van der Waals surface area contributed by atoms with Gasteiger partial charge in [-0.3, -0.25) is 0 Å². The van der Waals surface area contributed by atoms with Crippen molar-refractivity contribution in [2.24, 2.45) is 0 Å². The molecule has 0 spiro atoms. The van der Waals surface area contributed by atoms with Crippen LogP contribution in [0.2, 0.25) is 0 Å². The number of nitrogens with one attached hydrogen (secondary N) is 1. The van der Waals surface area contributed by atoms with Gasteiger partial charge in [0.15, 0.2) is 0 Å². The number of ether oxygens (including phenoxy) is 1. The van der Waals surface area contributed by atoms with Crippen molar-refractivity contribution in [3.8, 4) is 5.75 Å². The molecule has 0 amide bonds. The Balaban J connectivity index is 1.83. The van der Waals surface area contributed by atoms with Crippen molar-refractivity contribution in [3.05, 3.63) is 36.0 Å². The Morgan fingerprint density at radius 3 is 2.50 bits per heavy atom. The van der Waals surface area contributed by atoms with Gasteiger partial charge in [-0.25, -0.2) is 4.98 Å². The molecule has 1 aliphatic rings. The van der Waals surface area contributed by atoms with E-state index in [1.54, 1.807) is 7.11 Å². The first kappa shape index (κ1) is 16.6. The number of rotatable bonds is 6. The third kappa shape index (κ3) is 4.16. The van der Waals surface area contributed by atoms with Crippen LogP contribution in [0.4, 0.5) is 17.5 Å². The second kappa shape index (κ2) is 7.99. The Bertz CT molecular complexity index is 651. The molecule has 1 fully saturated rings. The molecular weight excluding hydrogens is 300 g/mol. The number of hydrogen-bond acceptors (Lipinski definition) is 5. The number of piperidine rings is 1. The van der Waals surface area contributed by atoms with Gasteiger partial charge in [-0.05, 0) is 49.9 Å². The molecule has 1 aliphatic heterocycles. The van der Waals surface area contributed by atoms with E-state index in [2.05, 4.69) is 28.2 Å². The van der Waals surface area contributed by atoms with Crippen molar-refractivity contribution in [1.29, 1.82) is 0 Å². The number of benzene rings is 1. The molecule has 0 unspecified atom stereocenters. The van der Waals surface area contributed by atoms with Gasteiger partial charge in [-0.1, -0.05) is 13.3 Å². The molecule has 2 heterocycles. The molecule has 0 saturated carbocycles. The monoisotopic (exact) mass is 326 g/mol. The second-order valence-electron chi connectivity index (χ2n) is 6.19. The molecule has 0 aliphatic carbocycles. The Morgan fingerprint density at radius 1 is 1.08 bits per heavy atom. The van der Waals surface area contributed by atoms with Gasteiger partial charge in [0.05, 0.1) is 7.11 Å². The summed E-state index contributed by atoms with van der Waals surface area (Å²) in [5.41, 5.74) is 2.07. The highest BCUT2D eigenvalue weighted by molar-refractivity contribution is 5.57. The summed E-state index contributed by atoms with van der Waals surface area (Å²) in [4.78, 5) is 11.8. The zero-order chi connectivity index (χ0) is 16.8. The van der Waals surface area contributed by atoms with E-state index in [-0.39, 0.29) is 0 Å². The quantitative estimate of drug-likeness (QED) is 0.863. The highest BCUT2D eigenvalue weighted by atomic mass is 16.5. The van der Waals surface area contributed by atoms with Crippen LogP contribution in [0, 0.1) is 0 Å². The van der Waals surface area contributed by atoms with Crippen LogP contribution in [-0.2, 0) is 6.42 Å². The molecule has 5 heteroatoms. The van der Waals surface area contributed by atoms with E-state index in [9.17, 15) is 0 Å². The summed E-state index contributed by atoms with van der Waals surface area (Å²) in [6, 6.07) is 9.98. The molecule has 128 valence electrons. The molecule has 2 aromatic rings. The molecule has 1 aromatic heterocycles. The van der Waals surface area contributed by atoms with Crippen molar-refractivity contribution in [2.75, 3.05) is 30.4 Å². The number of aryl methyl sites for hydroxylation is 1. The van der Waals surface area contributed by atoms with Crippen molar-refractivity contribution in [3.63, 3.8) is 0 Å². The average molecular weight is 326 g/mol. The largest absolute Gasteiger partial charge is 0.497 e. The van der Waals surface area contributed by atoms with Crippen LogP contribution in [0.15, 0.2) is 30.3 Å². The van der Waals surface area contributed by atoms with E-state index < -0.39 is 0 Å². The predicted octanol–water partition coefficient (Wildman–Crippen LogP) is 4.17. The number of methoxy groups -OCH3 is 1. The lowest BCUT2D eigenvalue weighted by atomic mass is 10.1. The minimum Gasteiger partial charge on any atom is -0.497 e. The first-order chi connectivity index (χ1) is 11.8. The van der Waals surface area contributed by atoms with E-state index in [4.69, 9.17) is 9.72 Å². The third-order valence-electron chi connectivity index (χ3n) is 4.30. The van der Waals surface area contributed by atoms with E-state index in [1.165, 1.54) is 19.3 Å². The molecule has 0 radical (unpaired) electrons. The zero-order valence-electron chi connectivity index (χ0n) is 14.6. The number of nitrogens with zero attached hydrogens (tertiary/aromatic N) is 3. The standard InChI is InChI=1S/C19H26N4O/c1-3-7-16-14-18(23-12-5-4-6-13-23)22-19(21-16)20-15-8-10-17(24-2)11-9-15/h8-11,14H,3-7,12-13H2,1-2H3,(H,20,21,22). The molecule has 0 atom stereocenters. The van der Waals surface area contributed by atoms with Crippen LogP contribution >= 0.6 is 0 Å². The highest BCUT2D eigenvalue weighted by Crippen LogP contribution is 2.23. The minimum absolute atomic E-state index is 0.673. The Kier molecular flexibility index (Phi) is 5.51. The molecule has 3 rings (SSSR count). The highest BCUT2D eigenvalue weighted by Gasteiger charge is 2.14. The molecule has 0 bridgehead atoms. The van der Waals surface area contributed by atoms with E-state index in [0.717, 1.165) is 48.9 Å². The lowest BCUT2D eigenvalue weighted by Crippen LogP contribution is -2.30. The lowest BCUT2D eigenvalue weighted by Gasteiger charge is -2.28. The maximum Gasteiger partial charge on any atom is 0.229 e. The van der Waals surface area contributed by atoms with Crippen LogP contribution in [0.25, 0.3) is 0 Å². The molecule has 5 nitrogen and oxygen atoms in total. The summed E-state index contributed by atoms with van der Waals surface area (Å²) >= 11 is 0. The molecular formula is C19H26N4O. The molecule has 1 N–H and O–H groups in total. The fourth-order valence-corrected chi connectivity index (χ4v) is 3.01. The summed E-state index contributed by atoms with van der Waals surface area (Å²) < 4.78 is 5.20. The topological polar surface area (TPSA) is 50.3 Å². The average Bonchev–Trinajstić information content (AvgIpc) is 2.63. The first-order valence-electron chi connectivity index (χ1n) is 8.82. The second-order valence-corrected chi connectivity index (χ2v) is 6.19. The molecule has 24 heavy (non-hydrogen) atoms. The number of anilines is 3. The van der Waals surface area contributed by atoms with Crippen molar-refractivity contribution < 1.29 is 4.74 Å². The SMILES string of the molecule is CCCc1cc(N2CCCCC2)nc(Nc2ccc(OC)cc2)n1. The van der Waals surface area contributed by atoms with Gasteiger partial charge >= 0.3 is 0 Å². The number of hydrogen-bond donors (Lipinski definition) is 1. The van der Waals surface area contributed by atoms with Crippen molar-refractivity contribution in [1.82, 2.24) is 9.97 Å². The zero-order valence-corrected chi connectivity index (χ0v) is 14.6. The maximum atomic E-state index is 5.20. The maximum absolute atomic E-state index is 5.20. The van der Waals surface area contributed by atoms with Crippen molar-refractivity contribution >= 4 is 17.5 Å². The Labute approximate surface area is 144 Å². The summed E-state index contributed by atoms with van der Waals surface area (Å²) in [6.07, 6.45) is 5.86. The Hall–Kier alpha value is -2.30. The predicted molar refractivity (Wildman–Crippen MR) is 98.4 cm³/mol. The van der Waals surface area contributed by atoms with Gasteiger partial charge in [-0.15, -0.1) is 0 Å². The normalized spacial score (nSPS) is 14.5. The fraction of sp³-hybridized carbons (Fsp3) is 0.474. The van der Waals surface area contributed by atoms with Crippen LogP contribution in [0.5, 0.6) is 5.75 Å². The lowest BCUT2D eigenvalue weighted by molar-refractivity contribution is 0.415. The summed E-state index contributed by atoms with van der Waals surface area (Å²) in [5, 5.41) is 3.33. The van der Waals surface area contributed by atoms with Gasteiger partial charge in [0.1, 0.15) is 11.6 Å². The first-order valence-corrected chi connectivity index (χ1v) is 8.82. The van der Waals surface area contributed by atoms with E-state index in [1.807, 2.05) is 24.3 Å². The van der Waals surface area contributed by atoms with Crippen LogP contribution in [-0.4, -0.2) is 30.2 Å². The fourth-order valence-electron chi connectivity index (χ4n) is 3.01. The van der Waals surface area contributed by atoms with Gasteiger partial charge in [0, 0.05) is 30.5 Å². The minimum atomic E-state index is 0.673. The van der Waals surface area contributed by atoms with Gasteiger partial charge in [-0.2, -0.15) is 4.98 Å². The van der Waals surface area contributed by atoms with E-state index in [0.29, 0.717) is 5.95 Å². The third-order valence-corrected chi connectivity index (χ3v) is 4.30. The van der Waals surface area contributed by atoms with Crippen LogP contribution < -0.4 is 15.0 Å². The van der Waals surface area contributed by atoms with Gasteiger partial charge in [0.2, 0.25) is 5.95 Å². The van der Waals surface area contributed by atoms with Crippen LogP contribution in [0.1, 0.15) is 38.3 Å². The smallest absolute Gasteiger partial charge is 0.229 e. The van der Waals surface area contributed by atoms with Crippen molar-refractivity contribution in [2.45, 2.75) is 39.0 Å². The summed E-state index contributed by atoms with van der Waals surface area (Å²) in [6.45, 7) is 4.36. The molecule has 1 aromatic carbocycles. The van der Waals surface area contributed by atoms with Gasteiger partial charge < -0.3 is 15.0 Å². The summed E-state index contributed by atoms with van der Waals surface area (Å²) in [7, 11) is 1.67. The number of aromatic nitrogens is 2. The van der Waals surface area contributed by atoms with Crippen LogP contribution in [0.3, 0.4) is 0 Å².